The van der Waals surface area contributed by atoms with E-state index in [1.165, 1.54) is 20.4 Å². The molecule has 7 heteroatoms. The third-order valence-electron chi connectivity index (χ3n) is 2.37. The van der Waals surface area contributed by atoms with E-state index in [4.69, 9.17) is 15.2 Å². The van der Waals surface area contributed by atoms with Crippen LogP contribution in [0.4, 0.5) is 0 Å². The third-order valence-corrected chi connectivity index (χ3v) is 4.32. The molecule has 2 N–H and O–H groups in total. The maximum Gasteiger partial charge on any atom is 0.240 e. The molecule has 0 aliphatic heterocycles. The van der Waals surface area contributed by atoms with E-state index in [0.29, 0.717) is 17.5 Å². The van der Waals surface area contributed by atoms with Gasteiger partial charge in [0.15, 0.2) is 0 Å². The van der Waals surface area contributed by atoms with E-state index in [-0.39, 0.29) is 6.04 Å². The van der Waals surface area contributed by atoms with E-state index in [2.05, 4.69) is 25.9 Å². The Hall–Kier alpha value is -1.18. The van der Waals surface area contributed by atoms with Gasteiger partial charge in [-0.3, -0.25) is 0 Å². The van der Waals surface area contributed by atoms with Crippen molar-refractivity contribution in [2.24, 2.45) is 5.73 Å². The quantitative estimate of drug-likeness (QED) is 0.932. The van der Waals surface area contributed by atoms with E-state index in [9.17, 15) is 0 Å². The summed E-state index contributed by atoms with van der Waals surface area (Å²) in [5.41, 5.74) is 6.77. The van der Waals surface area contributed by atoms with Crippen LogP contribution in [0.2, 0.25) is 0 Å². The molecule has 2 heterocycles. The zero-order chi connectivity index (χ0) is 13.1. The molecule has 0 aliphatic rings. The summed E-state index contributed by atoms with van der Waals surface area (Å²) in [5.74, 6) is 0.773. The van der Waals surface area contributed by atoms with Crippen LogP contribution in [0, 0.1) is 0 Å². The number of aromatic nitrogens is 2. The predicted molar refractivity (Wildman–Crippen MR) is 73.2 cm³/mol. The van der Waals surface area contributed by atoms with Gasteiger partial charge in [0.2, 0.25) is 11.8 Å². The van der Waals surface area contributed by atoms with Gasteiger partial charge in [-0.1, -0.05) is 0 Å². The average molecular weight is 330 g/mol. The number of nitrogens with zero attached hydrogens (tertiary/aromatic N) is 2. The van der Waals surface area contributed by atoms with Crippen LogP contribution in [0.3, 0.4) is 0 Å². The lowest BCUT2D eigenvalue weighted by molar-refractivity contribution is 0.355. The molecule has 5 nitrogen and oxygen atoms in total. The Morgan fingerprint density at radius 2 is 2.17 bits per heavy atom. The van der Waals surface area contributed by atoms with Crippen molar-refractivity contribution in [3.8, 4) is 11.8 Å². The first-order chi connectivity index (χ1) is 8.67. The number of rotatable bonds is 4. The summed E-state index contributed by atoms with van der Waals surface area (Å²) in [6.07, 6.45) is 1.53. The maximum absolute atomic E-state index is 6.19. The van der Waals surface area contributed by atoms with Crippen LogP contribution in [0.15, 0.2) is 22.1 Å². The topological polar surface area (TPSA) is 70.3 Å². The molecule has 0 fully saturated rings. The van der Waals surface area contributed by atoms with Crippen molar-refractivity contribution in [3.05, 3.63) is 32.7 Å². The van der Waals surface area contributed by atoms with Crippen molar-refractivity contribution in [1.29, 1.82) is 0 Å². The lowest BCUT2D eigenvalue weighted by Gasteiger charge is -2.13. The molecular formula is C11H12BrN3O2S. The Balaban J connectivity index is 2.41. The molecule has 0 spiro atoms. The molecule has 1 atom stereocenters. The lowest BCUT2D eigenvalue weighted by Crippen LogP contribution is -2.15. The number of hydrogen-bond acceptors (Lipinski definition) is 6. The van der Waals surface area contributed by atoms with Gasteiger partial charge in [0.1, 0.15) is 5.69 Å². The van der Waals surface area contributed by atoms with Crippen molar-refractivity contribution in [3.63, 3.8) is 0 Å². The zero-order valence-electron chi connectivity index (χ0n) is 9.88. The van der Waals surface area contributed by atoms with Crippen molar-refractivity contribution < 1.29 is 9.47 Å². The highest BCUT2D eigenvalue weighted by atomic mass is 79.9. The number of methoxy groups -OCH3 is 2. The molecule has 0 aliphatic carbocycles. The van der Waals surface area contributed by atoms with Gasteiger partial charge < -0.3 is 15.2 Å². The van der Waals surface area contributed by atoms with Gasteiger partial charge in [-0.25, -0.2) is 4.98 Å². The second-order valence-electron chi connectivity index (χ2n) is 3.42. The highest BCUT2D eigenvalue weighted by molar-refractivity contribution is 9.10. The van der Waals surface area contributed by atoms with Crippen molar-refractivity contribution in [2.45, 2.75) is 6.04 Å². The summed E-state index contributed by atoms with van der Waals surface area (Å²) >= 11 is 5.01. The largest absolute Gasteiger partial charge is 0.480 e. The van der Waals surface area contributed by atoms with Gasteiger partial charge in [-0.05, 0) is 27.4 Å². The van der Waals surface area contributed by atoms with Crippen LogP contribution < -0.4 is 15.2 Å². The summed E-state index contributed by atoms with van der Waals surface area (Å²) in [6.45, 7) is 0. The minimum absolute atomic E-state index is 0.377. The molecular weight excluding hydrogens is 318 g/mol. The van der Waals surface area contributed by atoms with Crippen molar-refractivity contribution in [1.82, 2.24) is 9.97 Å². The molecule has 96 valence electrons. The molecule has 2 rings (SSSR count). The molecule has 18 heavy (non-hydrogen) atoms. The fourth-order valence-corrected chi connectivity index (χ4v) is 3.10. The van der Waals surface area contributed by atoms with Crippen molar-refractivity contribution >= 4 is 27.3 Å². The lowest BCUT2D eigenvalue weighted by atomic mass is 10.2. The first-order valence-electron chi connectivity index (χ1n) is 5.10. The molecule has 2 aromatic rings. The predicted octanol–water partition coefficient (Wildman–Crippen LogP) is 2.37. The third kappa shape index (κ3) is 2.47. The number of ether oxygens (including phenoxy) is 2. The normalized spacial score (nSPS) is 12.2. The Morgan fingerprint density at radius 1 is 1.39 bits per heavy atom. The minimum atomic E-state index is -0.382. The minimum Gasteiger partial charge on any atom is -0.480 e. The molecule has 0 saturated heterocycles. The number of halogens is 1. The zero-order valence-corrected chi connectivity index (χ0v) is 12.3. The number of nitrogens with two attached hydrogens (primary N) is 1. The van der Waals surface area contributed by atoms with Crippen LogP contribution >= 0.6 is 27.3 Å². The molecule has 0 aromatic carbocycles. The van der Waals surface area contributed by atoms with E-state index in [1.54, 1.807) is 11.3 Å². The summed E-state index contributed by atoms with van der Waals surface area (Å²) in [7, 11) is 3.06. The fraction of sp³-hybridized carbons (Fsp3) is 0.273. The second kappa shape index (κ2) is 5.64. The second-order valence-corrected chi connectivity index (χ2v) is 5.22. The summed E-state index contributed by atoms with van der Waals surface area (Å²) < 4.78 is 11.2. The number of hydrogen-bond donors (Lipinski definition) is 1. The Kier molecular flexibility index (Phi) is 4.15. The van der Waals surface area contributed by atoms with Gasteiger partial charge in [0, 0.05) is 9.35 Å². The molecule has 0 bridgehead atoms. The summed E-state index contributed by atoms with van der Waals surface area (Å²) in [5, 5.41) is 1.96. The van der Waals surface area contributed by atoms with Gasteiger partial charge in [0.05, 0.1) is 26.5 Å². The van der Waals surface area contributed by atoms with E-state index >= 15 is 0 Å². The fourth-order valence-electron chi connectivity index (χ4n) is 1.48. The summed E-state index contributed by atoms with van der Waals surface area (Å²) in [4.78, 5) is 9.42. The van der Waals surface area contributed by atoms with E-state index in [0.717, 1.165) is 9.35 Å². The van der Waals surface area contributed by atoms with Crippen LogP contribution in [-0.2, 0) is 0 Å². The van der Waals surface area contributed by atoms with Crippen LogP contribution in [0.25, 0.3) is 0 Å². The monoisotopic (exact) mass is 329 g/mol. The number of thiophene rings is 1. The van der Waals surface area contributed by atoms with E-state index in [1.807, 2.05) is 11.4 Å². The van der Waals surface area contributed by atoms with Gasteiger partial charge in [-0.15, -0.1) is 11.3 Å². The Labute approximate surface area is 117 Å². The molecule has 0 radical (unpaired) electrons. The molecule has 1 unspecified atom stereocenters. The van der Waals surface area contributed by atoms with E-state index < -0.39 is 0 Å². The van der Waals surface area contributed by atoms with Crippen LogP contribution in [0.5, 0.6) is 11.8 Å². The first-order valence-corrected chi connectivity index (χ1v) is 6.78. The van der Waals surface area contributed by atoms with Gasteiger partial charge in [0.25, 0.3) is 0 Å². The maximum atomic E-state index is 6.19. The molecule has 2 aromatic heterocycles. The average Bonchev–Trinajstić information content (AvgIpc) is 2.83. The smallest absolute Gasteiger partial charge is 0.240 e. The van der Waals surface area contributed by atoms with Crippen LogP contribution in [0.1, 0.15) is 16.6 Å². The Bertz CT molecular complexity index is 547. The highest BCUT2D eigenvalue weighted by Crippen LogP contribution is 2.34. The van der Waals surface area contributed by atoms with Crippen LogP contribution in [-0.4, -0.2) is 24.2 Å². The van der Waals surface area contributed by atoms with Crippen molar-refractivity contribution in [2.75, 3.05) is 14.2 Å². The molecule has 0 saturated carbocycles. The summed E-state index contributed by atoms with van der Waals surface area (Å²) in [6, 6.07) is 1.57. The first kappa shape index (κ1) is 13.3. The van der Waals surface area contributed by atoms with Gasteiger partial charge in [-0.2, -0.15) is 4.98 Å². The highest BCUT2D eigenvalue weighted by Gasteiger charge is 2.20. The molecule has 0 amide bonds. The standard InChI is InChI=1S/C11H12BrN3O2S/c1-16-7-5-14-9(11(15-7)17-2)8(13)10-6(12)3-4-18-10/h3-5,8H,13H2,1-2H3. The Morgan fingerprint density at radius 3 is 2.72 bits per heavy atom. The SMILES string of the molecule is COc1cnc(C(N)c2sccc2Br)c(OC)n1. The van der Waals surface area contributed by atoms with Gasteiger partial charge >= 0.3 is 0 Å².